The average Bonchev–Trinajstić information content (AvgIpc) is 3.51. The van der Waals surface area contributed by atoms with E-state index in [1.807, 2.05) is 16.2 Å². The molecule has 0 spiro atoms. The standard InChI is InChI=1S/C25H24F2N6O3/c1-31-13-19(17-10-15(26)4-6-20(17)31)24-29-30-25(35)33(24)22-14-32(9-3-8-28-12-23(34)36-2)21-7-5-16(27)11-18(21)22/h4-7,10-11,13-14,28H,3,8-9,12H2,1-2H3,(H,30,35). The first-order chi connectivity index (χ1) is 17.4. The molecule has 0 aliphatic carbocycles. The molecule has 0 bridgehead atoms. The molecule has 0 aliphatic heterocycles. The molecule has 5 aromatic rings. The van der Waals surface area contributed by atoms with E-state index in [0.717, 1.165) is 11.0 Å². The summed E-state index contributed by atoms with van der Waals surface area (Å²) in [6.07, 6.45) is 4.23. The van der Waals surface area contributed by atoms with Gasteiger partial charge in [-0.05, 0) is 49.4 Å². The Morgan fingerprint density at radius 3 is 2.56 bits per heavy atom. The minimum Gasteiger partial charge on any atom is -0.468 e. The minimum absolute atomic E-state index is 0.110. The van der Waals surface area contributed by atoms with Gasteiger partial charge in [0, 0.05) is 47.8 Å². The molecule has 36 heavy (non-hydrogen) atoms. The van der Waals surface area contributed by atoms with Crippen LogP contribution in [0.4, 0.5) is 8.78 Å². The summed E-state index contributed by atoms with van der Waals surface area (Å²) in [6, 6.07) is 8.85. The second kappa shape index (κ2) is 9.42. The van der Waals surface area contributed by atoms with Crippen molar-refractivity contribution < 1.29 is 18.3 Å². The lowest BCUT2D eigenvalue weighted by atomic mass is 10.1. The number of methoxy groups -OCH3 is 1. The Bertz CT molecular complexity index is 1650. The molecular formula is C25H24F2N6O3. The van der Waals surface area contributed by atoms with E-state index in [2.05, 4.69) is 20.3 Å². The number of esters is 1. The third-order valence-corrected chi connectivity index (χ3v) is 6.18. The van der Waals surface area contributed by atoms with E-state index in [1.165, 1.54) is 35.9 Å². The van der Waals surface area contributed by atoms with Crippen LogP contribution in [-0.4, -0.2) is 50.1 Å². The van der Waals surface area contributed by atoms with Crippen LogP contribution in [0.1, 0.15) is 6.42 Å². The van der Waals surface area contributed by atoms with Crippen molar-refractivity contribution in [2.45, 2.75) is 13.0 Å². The molecule has 0 fully saturated rings. The number of rotatable bonds is 8. The Balaban J connectivity index is 1.57. The molecule has 0 aliphatic rings. The van der Waals surface area contributed by atoms with Crippen molar-refractivity contribution in [3.63, 3.8) is 0 Å². The summed E-state index contributed by atoms with van der Waals surface area (Å²) in [5.41, 5.74) is 2.04. The number of halogens is 2. The third kappa shape index (κ3) is 4.17. The highest BCUT2D eigenvalue weighted by Gasteiger charge is 2.21. The molecule has 0 amide bonds. The molecule has 0 atom stereocenters. The van der Waals surface area contributed by atoms with Crippen molar-refractivity contribution in [2.75, 3.05) is 20.2 Å². The molecule has 3 aromatic heterocycles. The van der Waals surface area contributed by atoms with Gasteiger partial charge in [0.1, 0.15) is 11.6 Å². The van der Waals surface area contributed by atoms with Gasteiger partial charge in [-0.2, -0.15) is 5.10 Å². The average molecular weight is 495 g/mol. The maximum atomic E-state index is 14.3. The van der Waals surface area contributed by atoms with Gasteiger partial charge in [0.05, 0.1) is 24.9 Å². The number of hydrogen-bond acceptors (Lipinski definition) is 5. The minimum atomic E-state index is -0.499. The number of aryl methyl sites for hydroxylation is 2. The summed E-state index contributed by atoms with van der Waals surface area (Å²) in [4.78, 5) is 24.2. The van der Waals surface area contributed by atoms with Crippen molar-refractivity contribution in [1.29, 1.82) is 0 Å². The van der Waals surface area contributed by atoms with Crippen LogP contribution in [-0.2, 0) is 23.1 Å². The van der Waals surface area contributed by atoms with Gasteiger partial charge in [0.2, 0.25) is 0 Å². The number of carbonyl (C=O) groups is 1. The maximum absolute atomic E-state index is 14.3. The van der Waals surface area contributed by atoms with Crippen LogP contribution < -0.4 is 11.0 Å². The number of fused-ring (bicyclic) bond motifs is 2. The molecule has 9 nitrogen and oxygen atoms in total. The van der Waals surface area contributed by atoms with E-state index in [0.29, 0.717) is 47.4 Å². The van der Waals surface area contributed by atoms with Crippen molar-refractivity contribution in [3.05, 3.63) is 70.9 Å². The number of nitrogens with zero attached hydrogens (tertiary/aromatic N) is 4. The predicted octanol–water partition coefficient (Wildman–Crippen LogP) is 3.10. The Hall–Kier alpha value is -4.25. The largest absolute Gasteiger partial charge is 0.468 e. The zero-order chi connectivity index (χ0) is 25.4. The summed E-state index contributed by atoms with van der Waals surface area (Å²) in [6.45, 7) is 1.22. The Morgan fingerprint density at radius 1 is 1.08 bits per heavy atom. The maximum Gasteiger partial charge on any atom is 0.348 e. The molecule has 5 rings (SSSR count). The molecule has 0 saturated heterocycles. The van der Waals surface area contributed by atoms with Crippen LogP contribution in [0.15, 0.2) is 53.6 Å². The van der Waals surface area contributed by atoms with Crippen LogP contribution in [0.5, 0.6) is 0 Å². The highest BCUT2D eigenvalue weighted by molar-refractivity contribution is 5.96. The molecule has 3 heterocycles. The van der Waals surface area contributed by atoms with Gasteiger partial charge in [0.15, 0.2) is 5.82 Å². The predicted molar refractivity (Wildman–Crippen MR) is 131 cm³/mol. The Labute approximate surface area is 203 Å². The normalized spacial score (nSPS) is 11.6. The third-order valence-electron chi connectivity index (χ3n) is 6.18. The number of carbonyl (C=O) groups excluding carboxylic acids is 1. The van der Waals surface area contributed by atoms with Crippen LogP contribution in [0, 0.1) is 11.6 Å². The topological polar surface area (TPSA) is 98.9 Å². The number of aromatic nitrogens is 5. The van der Waals surface area contributed by atoms with Gasteiger partial charge in [0.25, 0.3) is 0 Å². The first-order valence-corrected chi connectivity index (χ1v) is 11.4. The highest BCUT2D eigenvalue weighted by Crippen LogP contribution is 2.32. The quantitative estimate of drug-likeness (QED) is 0.255. The lowest BCUT2D eigenvalue weighted by molar-refractivity contribution is -0.139. The van der Waals surface area contributed by atoms with E-state index in [1.54, 1.807) is 24.5 Å². The summed E-state index contributed by atoms with van der Waals surface area (Å²) in [7, 11) is 3.16. The van der Waals surface area contributed by atoms with E-state index in [4.69, 9.17) is 0 Å². The zero-order valence-corrected chi connectivity index (χ0v) is 19.7. The molecule has 2 N–H and O–H groups in total. The van der Waals surface area contributed by atoms with Crippen molar-refractivity contribution in [3.8, 4) is 17.1 Å². The molecule has 186 valence electrons. The van der Waals surface area contributed by atoms with Gasteiger partial charge >= 0.3 is 11.7 Å². The lowest BCUT2D eigenvalue weighted by Gasteiger charge is -2.06. The van der Waals surface area contributed by atoms with Gasteiger partial charge < -0.3 is 19.2 Å². The summed E-state index contributed by atoms with van der Waals surface area (Å²) in [5, 5.41) is 10.9. The Morgan fingerprint density at radius 2 is 1.81 bits per heavy atom. The van der Waals surface area contributed by atoms with E-state index in [9.17, 15) is 18.4 Å². The molecule has 0 radical (unpaired) electrons. The fourth-order valence-corrected chi connectivity index (χ4v) is 4.49. The molecule has 2 aromatic carbocycles. The van der Waals surface area contributed by atoms with E-state index >= 15 is 0 Å². The van der Waals surface area contributed by atoms with E-state index in [-0.39, 0.29) is 12.5 Å². The Kier molecular flexibility index (Phi) is 6.15. The SMILES string of the molecule is COC(=O)CNCCCn1cc(-n2c(-c3cn(C)c4ccc(F)cc34)n[nH]c2=O)c2cc(F)ccc21. The first kappa shape index (κ1) is 23.5. The number of ether oxygens (including phenoxy) is 1. The van der Waals surface area contributed by atoms with Gasteiger partial charge in [-0.3, -0.25) is 4.79 Å². The van der Waals surface area contributed by atoms with Crippen molar-refractivity contribution >= 4 is 27.8 Å². The zero-order valence-electron chi connectivity index (χ0n) is 19.7. The fraction of sp³-hybridized carbons (Fsp3) is 0.240. The molecule has 0 saturated carbocycles. The highest BCUT2D eigenvalue weighted by atomic mass is 19.1. The lowest BCUT2D eigenvalue weighted by Crippen LogP contribution is -2.25. The number of benzene rings is 2. The second-order valence-electron chi connectivity index (χ2n) is 8.48. The molecular weight excluding hydrogens is 470 g/mol. The number of nitrogens with one attached hydrogen (secondary N) is 2. The van der Waals surface area contributed by atoms with E-state index < -0.39 is 17.3 Å². The second-order valence-corrected chi connectivity index (χ2v) is 8.48. The van der Waals surface area contributed by atoms with Crippen LogP contribution >= 0.6 is 0 Å². The monoisotopic (exact) mass is 494 g/mol. The van der Waals surface area contributed by atoms with Gasteiger partial charge in [-0.1, -0.05) is 0 Å². The molecule has 11 heteroatoms. The van der Waals surface area contributed by atoms with Gasteiger partial charge in [-0.25, -0.2) is 23.2 Å². The summed E-state index contributed by atoms with van der Waals surface area (Å²) >= 11 is 0. The summed E-state index contributed by atoms with van der Waals surface area (Å²) < 4.78 is 38.1. The van der Waals surface area contributed by atoms with Crippen molar-refractivity contribution in [2.24, 2.45) is 7.05 Å². The number of aromatic amines is 1. The van der Waals surface area contributed by atoms with Crippen LogP contribution in [0.2, 0.25) is 0 Å². The number of H-pyrrole nitrogens is 1. The van der Waals surface area contributed by atoms with Gasteiger partial charge in [-0.15, -0.1) is 0 Å². The van der Waals surface area contributed by atoms with Crippen LogP contribution in [0.3, 0.4) is 0 Å². The molecule has 0 unspecified atom stereocenters. The summed E-state index contributed by atoms with van der Waals surface area (Å²) in [5.74, 6) is -0.899. The smallest absolute Gasteiger partial charge is 0.348 e. The van der Waals surface area contributed by atoms with Crippen LogP contribution in [0.25, 0.3) is 38.9 Å². The first-order valence-electron chi connectivity index (χ1n) is 11.4. The fourth-order valence-electron chi connectivity index (χ4n) is 4.49. The van der Waals surface area contributed by atoms with Crippen molar-refractivity contribution in [1.82, 2.24) is 29.2 Å². The number of hydrogen-bond donors (Lipinski definition) is 2.